The summed E-state index contributed by atoms with van der Waals surface area (Å²) in [5, 5.41) is 4.71. The molecule has 0 bridgehead atoms. The monoisotopic (exact) mass is 254 g/mol. The summed E-state index contributed by atoms with van der Waals surface area (Å²) >= 11 is 0. The fourth-order valence-corrected chi connectivity index (χ4v) is 1.62. The summed E-state index contributed by atoms with van der Waals surface area (Å²) in [4.78, 5) is 4.43. The van der Waals surface area contributed by atoms with Gasteiger partial charge < -0.3 is 5.32 Å². The maximum atomic E-state index is 13.1. The molecule has 0 radical (unpaired) electrons. The van der Waals surface area contributed by atoms with E-state index in [0.29, 0.717) is 11.5 Å². The van der Waals surface area contributed by atoms with Crippen LogP contribution in [0.25, 0.3) is 12.7 Å². The van der Waals surface area contributed by atoms with E-state index in [0.717, 1.165) is 10.6 Å². The van der Waals surface area contributed by atoms with E-state index in [4.69, 9.17) is 0 Å². The Bertz CT molecular complexity index is 705. The molecule has 2 nitrogen and oxygen atoms in total. The van der Waals surface area contributed by atoms with Gasteiger partial charge in [0.1, 0.15) is 11.6 Å². The minimum atomic E-state index is -0.278. The molecule has 0 saturated heterocycles. The minimum Gasteiger partial charge on any atom is -0.340 e. The van der Waals surface area contributed by atoms with Crippen LogP contribution in [0.4, 0.5) is 15.9 Å². The lowest BCUT2D eigenvalue weighted by molar-refractivity contribution is 0.628. The molecule has 2 rings (SSSR count). The van der Waals surface area contributed by atoms with Crippen molar-refractivity contribution in [2.24, 2.45) is 0 Å². The Morgan fingerprint density at radius 3 is 2.84 bits per heavy atom. The average Bonchev–Trinajstić information content (AvgIpc) is 2.39. The Kier molecular flexibility index (Phi) is 4.08. The molecule has 3 heteroatoms. The highest BCUT2D eigenvalue weighted by Crippen LogP contribution is 2.13. The molecule has 0 aliphatic rings. The predicted molar refractivity (Wildman–Crippen MR) is 78.0 cm³/mol. The Balaban J connectivity index is 2.34. The Morgan fingerprint density at radius 1 is 1.26 bits per heavy atom. The number of hydrogen-bond donors (Lipinski definition) is 1. The first-order valence-corrected chi connectivity index (χ1v) is 6.00. The molecule has 0 amide bonds. The molecule has 0 spiro atoms. The molecule has 0 saturated carbocycles. The van der Waals surface area contributed by atoms with Crippen LogP contribution in [-0.2, 0) is 0 Å². The van der Waals surface area contributed by atoms with Crippen LogP contribution in [0.15, 0.2) is 48.6 Å². The van der Waals surface area contributed by atoms with E-state index >= 15 is 0 Å². The van der Waals surface area contributed by atoms with Gasteiger partial charge in [0, 0.05) is 5.69 Å². The molecular weight excluding hydrogens is 239 g/mol. The first-order chi connectivity index (χ1) is 9.19. The quantitative estimate of drug-likeness (QED) is 0.911. The largest absolute Gasteiger partial charge is 0.340 e. The van der Waals surface area contributed by atoms with Gasteiger partial charge in [-0.3, -0.25) is 0 Å². The SMILES string of the molecule is C=c1ccc(Nc2cccc(F)c2)n/c1=C/C=C\C. The molecule has 0 unspecified atom stereocenters. The van der Waals surface area contributed by atoms with E-state index in [1.165, 1.54) is 12.1 Å². The third-order valence-corrected chi connectivity index (χ3v) is 2.56. The molecule has 1 heterocycles. The van der Waals surface area contributed by atoms with Crippen LogP contribution in [0, 0.1) is 5.82 Å². The zero-order valence-electron chi connectivity index (χ0n) is 10.7. The topological polar surface area (TPSA) is 24.9 Å². The van der Waals surface area contributed by atoms with Crippen molar-refractivity contribution >= 4 is 24.2 Å². The summed E-state index contributed by atoms with van der Waals surface area (Å²) in [5.41, 5.74) is 0.668. The Hall–Kier alpha value is -2.42. The number of rotatable bonds is 3. The summed E-state index contributed by atoms with van der Waals surface area (Å²) in [6, 6.07) is 9.97. The smallest absolute Gasteiger partial charge is 0.131 e. The van der Waals surface area contributed by atoms with Gasteiger partial charge in [-0.1, -0.05) is 24.8 Å². The molecule has 96 valence electrons. The highest BCUT2D eigenvalue weighted by atomic mass is 19.1. The van der Waals surface area contributed by atoms with E-state index in [2.05, 4.69) is 16.9 Å². The van der Waals surface area contributed by atoms with Gasteiger partial charge in [-0.2, -0.15) is 0 Å². The minimum absolute atomic E-state index is 0.278. The number of anilines is 2. The standard InChI is InChI=1S/C16H15FN2/c1-3-4-8-15-12(2)9-10-16(19-15)18-14-7-5-6-13(17)11-14/h3-11H,2H2,1H3,(H,18,19)/b4-3-,15-8+. The van der Waals surface area contributed by atoms with Crippen molar-refractivity contribution in [3.05, 3.63) is 64.9 Å². The van der Waals surface area contributed by atoms with Gasteiger partial charge in [0.15, 0.2) is 0 Å². The third kappa shape index (κ3) is 3.52. The van der Waals surface area contributed by atoms with E-state index in [1.54, 1.807) is 12.1 Å². The molecule has 2 aromatic rings. The van der Waals surface area contributed by atoms with Crippen LogP contribution in [0.1, 0.15) is 6.92 Å². The van der Waals surface area contributed by atoms with Crippen molar-refractivity contribution in [1.29, 1.82) is 0 Å². The number of halogens is 1. The maximum Gasteiger partial charge on any atom is 0.131 e. The molecule has 1 N–H and O–H groups in total. The zero-order valence-corrected chi connectivity index (χ0v) is 10.7. The summed E-state index contributed by atoms with van der Waals surface area (Å²) in [5.74, 6) is 0.383. The Labute approximate surface area is 111 Å². The van der Waals surface area contributed by atoms with E-state index < -0.39 is 0 Å². The third-order valence-electron chi connectivity index (χ3n) is 2.56. The lowest BCUT2D eigenvalue weighted by Gasteiger charge is -2.05. The van der Waals surface area contributed by atoms with Gasteiger partial charge in [-0.25, -0.2) is 9.37 Å². The molecule has 0 fully saturated rings. The van der Waals surface area contributed by atoms with Crippen molar-refractivity contribution in [3.8, 4) is 0 Å². The normalized spacial score (nSPS) is 12.0. The fourth-order valence-electron chi connectivity index (χ4n) is 1.62. The fraction of sp³-hybridized carbons (Fsp3) is 0.0625. The molecular formula is C16H15FN2. The summed E-state index contributed by atoms with van der Waals surface area (Å²) in [7, 11) is 0. The average molecular weight is 254 g/mol. The second kappa shape index (κ2) is 5.96. The van der Waals surface area contributed by atoms with Crippen LogP contribution in [0.3, 0.4) is 0 Å². The Morgan fingerprint density at radius 2 is 2.11 bits per heavy atom. The molecule has 0 aliphatic carbocycles. The second-order valence-corrected chi connectivity index (χ2v) is 4.07. The van der Waals surface area contributed by atoms with Gasteiger partial charge >= 0.3 is 0 Å². The van der Waals surface area contributed by atoms with Gasteiger partial charge in [0.25, 0.3) is 0 Å². The van der Waals surface area contributed by atoms with Crippen molar-refractivity contribution in [2.75, 3.05) is 5.32 Å². The lowest BCUT2D eigenvalue weighted by Crippen LogP contribution is -2.26. The number of nitrogens with one attached hydrogen (secondary N) is 1. The number of allylic oxidation sites excluding steroid dienone is 2. The van der Waals surface area contributed by atoms with Gasteiger partial charge in [0.05, 0.1) is 5.35 Å². The van der Waals surface area contributed by atoms with Crippen LogP contribution < -0.4 is 15.9 Å². The van der Waals surface area contributed by atoms with Crippen LogP contribution >= 0.6 is 0 Å². The first-order valence-electron chi connectivity index (χ1n) is 6.00. The van der Waals surface area contributed by atoms with Gasteiger partial charge in [-0.05, 0) is 48.6 Å². The van der Waals surface area contributed by atoms with E-state index in [9.17, 15) is 4.39 Å². The number of pyridine rings is 1. The predicted octanol–water partition coefficient (Wildman–Crippen LogP) is 2.73. The van der Waals surface area contributed by atoms with Gasteiger partial charge in [0.2, 0.25) is 0 Å². The van der Waals surface area contributed by atoms with Crippen molar-refractivity contribution in [1.82, 2.24) is 4.98 Å². The van der Waals surface area contributed by atoms with E-state index in [1.807, 2.05) is 37.3 Å². The second-order valence-electron chi connectivity index (χ2n) is 4.07. The van der Waals surface area contributed by atoms with Crippen molar-refractivity contribution in [2.45, 2.75) is 6.92 Å². The maximum absolute atomic E-state index is 13.1. The van der Waals surface area contributed by atoms with Gasteiger partial charge in [-0.15, -0.1) is 0 Å². The molecule has 0 aliphatic heterocycles. The van der Waals surface area contributed by atoms with Crippen LogP contribution in [0.5, 0.6) is 0 Å². The van der Waals surface area contributed by atoms with Crippen molar-refractivity contribution in [3.63, 3.8) is 0 Å². The number of hydrogen-bond acceptors (Lipinski definition) is 2. The highest BCUT2D eigenvalue weighted by molar-refractivity contribution is 5.56. The summed E-state index contributed by atoms with van der Waals surface area (Å²) in [6.07, 6.45) is 5.72. The highest BCUT2D eigenvalue weighted by Gasteiger charge is 1.97. The molecule has 1 aromatic heterocycles. The summed E-state index contributed by atoms with van der Waals surface area (Å²) in [6.45, 7) is 5.86. The van der Waals surface area contributed by atoms with Crippen LogP contribution in [0.2, 0.25) is 0 Å². The lowest BCUT2D eigenvalue weighted by atomic mass is 10.3. The van der Waals surface area contributed by atoms with Crippen molar-refractivity contribution < 1.29 is 4.39 Å². The van der Waals surface area contributed by atoms with Crippen LogP contribution in [-0.4, -0.2) is 4.98 Å². The van der Waals surface area contributed by atoms with E-state index in [-0.39, 0.29) is 5.82 Å². The molecule has 1 aromatic carbocycles. The molecule has 0 atom stereocenters. The molecule has 19 heavy (non-hydrogen) atoms. The number of nitrogens with zero attached hydrogens (tertiary/aromatic N) is 1. The summed E-state index contributed by atoms with van der Waals surface area (Å²) < 4.78 is 13.1. The number of benzene rings is 1. The zero-order chi connectivity index (χ0) is 13.7. The number of aromatic nitrogens is 1. The first kappa shape index (κ1) is 13.0.